The Balaban J connectivity index is 2.05. The zero-order valence-electron chi connectivity index (χ0n) is 17.6. The van der Waals surface area contributed by atoms with Gasteiger partial charge in [-0.2, -0.15) is 26.3 Å². The molecule has 0 aliphatic rings. The third kappa shape index (κ3) is 5.74. The van der Waals surface area contributed by atoms with Gasteiger partial charge in [-0.3, -0.25) is 9.59 Å². The number of hydrogen-bond acceptors (Lipinski definition) is 4. The van der Waals surface area contributed by atoms with Crippen LogP contribution in [-0.4, -0.2) is 58.8 Å². The van der Waals surface area contributed by atoms with Crippen molar-refractivity contribution in [2.75, 3.05) is 27.2 Å². The number of halogens is 6. The molecule has 0 aliphatic carbocycles. The number of rotatable bonds is 5. The second kappa shape index (κ2) is 9.13. The van der Waals surface area contributed by atoms with Gasteiger partial charge < -0.3 is 9.80 Å². The fraction of sp³-hybridized carbons (Fsp3) is 0.400. The largest absolute Gasteiger partial charge is 0.433 e. The molecule has 0 atom stereocenters. The van der Waals surface area contributed by atoms with E-state index in [1.54, 1.807) is 0 Å². The lowest BCUT2D eigenvalue weighted by Gasteiger charge is -2.23. The Morgan fingerprint density at radius 3 is 1.28 bits per heavy atom. The van der Waals surface area contributed by atoms with E-state index in [9.17, 15) is 35.9 Å². The number of likely N-dealkylation sites (N-methyl/N-ethyl adjacent to an activating group) is 2. The number of carbonyl (C=O) groups excluding carboxylic acids is 2. The molecule has 0 radical (unpaired) electrons. The highest BCUT2D eigenvalue weighted by molar-refractivity contribution is 5.96. The maximum absolute atomic E-state index is 12.7. The van der Waals surface area contributed by atoms with Crippen LogP contribution in [0.25, 0.3) is 0 Å². The van der Waals surface area contributed by atoms with Gasteiger partial charge in [-0.25, -0.2) is 9.97 Å². The minimum atomic E-state index is -4.63. The summed E-state index contributed by atoms with van der Waals surface area (Å²) in [5, 5.41) is 0. The number of aromatic nitrogens is 2. The molecule has 32 heavy (non-hydrogen) atoms. The molecule has 2 amide bonds. The number of nitrogens with zero attached hydrogens (tertiary/aromatic N) is 4. The van der Waals surface area contributed by atoms with Crippen molar-refractivity contribution in [2.24, 2.45) is 0 Å². The van der Waals surface area contributed by atoms with E-state index >= 15 is 0 Å². The summed E-state index contributed by atoms with van der Waals surface area (Å²) in [5.74, 6) is -1.17. The summed E-state index contributed by atoms with van der Waals surface area (Å²) >= 11 is 0. The Labute approximate surface area is 179 Å². The molecule has 2 aromatic heterocycles. The predicted octanol–water partition coefficient (Wildman–Crippen LogP) is 3.98. The first-order chi connectivity index (χ1) is 14.6. The summed E-state index contributed by atoms with van der Waals surface area (Å²) in [6.07, 6.45) is -9.26. The first kappa shape index (κ1) is 25.1. The molecule has 0 bridgehead atoms. The first-order valence-corrected chi connectivity index (χ1v) is 9.23. The Morgan fingerprint density at radius 2 is 1.03 bits per heavy atom. The van der Waals surface area contributed by atoms with Crippen LogP contribution in [0.5, 0.6) is 0 Å². The number of hydrogen-bond donors (Lipinski definition) is 0. The third-order valence-electron chi connectivity index (χ3n) is 4.68. The van der Waals surface area contributed by atoms with Gasteiger partial charge in [0.15, 0.2) is 0 Å². The zero-order chi connectivity index (χ0) is 24.4. The van der Waals surface area contributed by atoms with E-state index in [4.69, 9.17) is 0 Å². The van der Waals surface area contributed by atoms with Crippen molar-refractivity contribution in [2.45, 2.75) is 26.2 Å². The maximum atomic E-state index is 12.7. The molecule has 12 heteroatoms. The van der Waals surface area contributed by atoms with Gasteiger partial charge in [0.25, 0.3) is 11.8 Å². The molecule has 0 fully saturated rings. The van der Waals surface area contributed by atoms with E-state index in [1.807, 2.05) is 0 Å². The van der Waals surface area contributed by atoms with Crippen LogP contribution in [0, 0.1) is 13.8 Å². The second-order valence-corrected chi connectivity index (χ2v) is 7.11. The number of alkyl halides is 6. The Hall–Kier alpha value is -3.18. The zero-order valence-corrected chi connectivity index (χ0v) is 17.6. The molecule has 0 saturated heterocycles. The molecule has 0 unspecified atom stereocenters. The van der Waals surface area contributed by atoms with Gasteiger partial charge in [0, 0.05) is 27.2 Å². The van der Waals surface area contributed by atoms with Crippen LogP contribution in [0.4, 0.5) is 26.3 Å². The summed E-state index contributed by atoms with van der Waals surface area (Å²) in [6, 6.07) is 3.50. The second-order valence-electron chi connectivity index (χ2n) is 7.11. The smallest absolute Gasteiger partial charge is 0.340 e. The van der Waals surface area contributed by atoms with Gasteiger partial charge in [0.1, 0.15) is 11.4 Å². The average molecular weight is 462 g/mol. The SMILES string of the molecule is Cc1nc(C(F)(F)F)ccc1C(=O)N(C)CCN(C)C(=O)c1ccc(C(F)(F)F)nc1C. The van der Waals surface area contributed by atoms with Gasteiger partial charge in [-0.1, -0.05) is 0 Å². The molecule has 0 aliphatic heterocycles. The molecular weight excluding hydrogens is 442 g/mol. The molecule has 2 heterocycles. The predicted molar refractivity (Wildman–Crippen MR) is 102 cm³/mol. The highest BCUT2D eigenvalue weighted by Gasteiger charge is 2.34. The summed E-state index contributed by atoms with van der Waals surface area (Å²) in [6.45, 7) is 2.61. The van der Waals surface area contributed by atoms with Gasteiger partial charge >= 0.3 is 12.4 Å². The molecule has 0 spiro atoms. The van der Waals surface area contributed by atoms with Crippen LogP contribution in [0.3, 0.4) is 0 Å². The van der Waals surface area contributed by atoms with Crippen LogP contribution >= 0.6 is 0 Å². The first-order valence-electron chi connectivity index (χ1n) is 9.23. The van der Waals surface area contributed by atoms with Gasteiger partial charge in [-0.05, 0) is 38.1 Å². The van der Waals surface area contributed by atoms with Crippen LogP contribution < -0.4 is 0 Å². The van der Waals surface area contributed by atoms with Gasteiger partial charge in [0.2, 0.25) is 0 Å². The van der Waals surface area contributed by atoms with Crippen LogP contribution in [0.1, 0.15) is 43.5 Å². The van der Waals surface area contributed by atoms with E-state index in [0.29, 0.717) is 12.1 Å². The lowest BCUT2D eigenvalue weighted by Crippen LogP contribution is -2.38. The number of pyridine rings is 2. The van der Waals surface area contributed by atoms with Crippen molar-refractivity contribution in [3.05, 3.63) is 58.2 Å². The minimum Gasteiger partial charge on any atom is -0.340 e. The highest BCUT2D eigenvalue weighted by Crippen LogP contribution is 2.29. The van der Waals surface area contributed by atoms with Crippen molar-refractivity contribution >= 4 is 11.8 Å². The van der Waals surface area contributed by atoms with Crippen molar-refractivity contribution in [1.82, 2.24) is 19.8 Å². The Kier molecular flexibility index (Phi) is 7.16. The van der Waals surface area contributed by atoms with E-state index in [-0.39, 0.29) is 35.6 Å². The maximum Gasteiger partial charge on any atom is 0.433 e. The fourth-order valence-corrected chi connectivity index (χ4v) is 2.80. The lowest BCUT2D eigenvalue weighted by molar-refractivity contribution is -0.142. The Bertz CT molecular complexity index is 939. The molecule has 174 valence electrons. The summed E-state index contributed by atoms with van der Waals surface area (Å²) in [5.41, 5.74) is -2.44. The van der Waals surface area contributed by atoms with E-state index in [0.717, 1.165) is 12.1 Å². The molecule has 2 aromatic rings. The standard InChI is InChI=1S/C20H20F6N4O2/c1-11-13(5-7-15(27-11)19(21,22)23)17(31)29(3)9-10-30(4)18(32)14-6-8-16(20(24,25)26)28-12(14)2/h5-8H,9-10H2,1-4H3. The van der Waals surface area contributed by atoms with Gasteiger partial charge in [0.05, 0.1) is 22.5 Å². The van der Waals surface area contributed by atoms with Crippen molar-refractivity contribution in [1.29, 1.82) is 0 Å². The van der Waals surface area contributed by atoms with Crippen molar-refractivity contribution < 1.29 is 35.9 Å². The molecule has 0 saturated carbocycles. The van der Waals surface area contributed by atoms with Crippen LogP contribution in [-0.2, 0) is 12.4 Å². The normalized spacial score (nSPS) is 11.9. The van der Waals surface area contributed by atoms with Crippen LogP contribution in [0.2, 0.25) is 0 Å². The number of carbonyl (C=O) groups is 2. The lowest BCUT2D eigenvalue weighted by atomic mass is 10.1. The monoisotopic (exact) mass is 462 g/mol. The van der Waals surface area contributed by atoms with Crippen LogP contribution in [0.15, 0.2) is 24.3 Å². The topological polar surface area (TPSA) is 66.4 Å². The summed E-state index contributed by atoms with van der Waals surface area (Å²) < 4.78 is 76.4. The summed E-state index contributed by atoms with van der Waals surface area (Å²) in [7, 11) is 2.81. The molecule has 2 rings (SSSR count). The minimum absolute atomic E-state index is 0.0164. The quantitative estimate of drug-likeness (QED) is 0.631. The fourth-order valence-electron chi connectivity index (χ4n) is 2.80. The van der Waals surface area contributed by atoms with Gasteiger partial charge in [-0.15, -0.1) is 0 Å². The van der Waals surface area contributed by atoms with E-state index in [2.05, 4.69) is 9.97 Å². The average Bonchev–Trinajstić information content (AvgIpc) is 2.69. The number of amides is 2. The van der Waals surface area contributed by atoms with E-state index in [1.165, 1.54) is 37.7 Å². The van der Waals surface area contributed by atoms with E-state index < -0.39 is 35.6 Å². The molecular formula is C20H20F6N4O2. The molecule has 0 N–H and O–H groups in total. The molecule has 6 nitrogen and oxygen atoms in total. The Morgan fingerprint density at radius 1 is 0.719 bits per heavy atom. The molecule has 0 aromatic carbocycles. The van der Waals surface area contributed by atoms with Crippen molar-refractivity contribution in [3.63, 3.8) is 0 Å². The third-order valence-corrected chi connectivity index (χ3v) is 4.68. The van der Waals surface area contributed by atoms with Crippen molar-refractivity contribution in [3.8, 4) is 0 Å². The highest BCUT2D eigenvalue weighted by atomic mass is 19.4. The summed E-state index contributed by atoms with van der Waals surface area (Å²) in [4.78, 5) is 34.4. The number of aryl methyl sites for hydroxylation is 2.